The molecule has 0 aliphatic rings. The van der Waals surface area contributed by atoms with Crippen molar-refractivity contribution < 1.29 is 4.74 Å². The fourth-order valence-corrected chi connectivity index (χ4v) is 2.95. The van der Waals surface area contributed by atoms with E-state index in [0.29, 0.717) is 22.3 Å². The van der Waals surface area contributed by atoms with E-state index >= 15 is 0 Å². The molecule has 0 atom stereocenters. The number of ether oxygens (including phenoxy) is 1. The first-order valence-electron chi connectivity index (χ1n) is 6.24. The summed E-state index contributed by atoms with van der Waals surface area (Å²) in [7, 11) is 0. The predicted octanol–water partition coefficient (Wildman–Crippen LogP) is 5.52. The van der Waals surface area contributed by atoms with Crippen molar-refractivity contribution in [2.75, 3.05) is 12.3 Å². The lowest BCUT2D eigenvalue weighted by molar-refractivity contribution is 0.317. The van der Waals surface area contributed by atoms with Gasteiger partial charge < -0.3 is 10.5 Å². The van der Waals surface area contributed by atoms with Crippen molar-refractivity contribution in [1.29, 1.82) is 0 Å². The molecule has 0 aliphatic heterocycles. The lowest BCUT2D eigenvalue weighted by Gasteiger charge is -2.09. The first kappa shape index (κ1) is 15.4. The minimum atomic E-state index is 0.544. The SMILES string of the molecule is CCCOc1cc(N)cc(Sc2ccc(Cl)c(Cl)c2)c1. The van der Waals surface area contributed by atoms with Crippen LogP contribution in [-0.4, -0.2) is 6.61 Å². The van der Waals surface area contributed by atoms with Crippen LogP contribution in [0.25, 0.3) is 0 Å². The quantitative estimate of drug-likeness (QED) is 0.735. The summed E-state index contributed by atoms with van der Waals surface area (Å²) in [5.41, 5.74) is 6.58. The summed E-state index contributed by atoms with van der Waals surface area (Å²) < 4.78 is 5.62. The van der Waals surface area contributed by atoms with Crippen LogP contribution < -0.4 is 10.5 Å². The first-order chi connectivity index (χ1) is 9.58. The van der Waals surface area contributed by atoms with E-state index in [2.05, 4.69) is 6.92 Å². The van der Waals surface area contributed by atoms with Crippen LogP contribution in [0.2, 0.25) is 10.0 Å². The Bertz CT molecular complexity index is 604. The third kappa shape index (κ3) is 4.23. The Morgan fingerprint density at radius 1 is 1.05 bits per heavy atom. The van der Waals surface area contributed by atoms with Crippen LogP contribution in [0.5, 0.6) is 5.75 Å². The number of hydrogen-bond acceptors (Lipinski definition) is 3. The van der Waals surface area contributed by atoms with Gasteiger partial charge in [0.25, 0.3) is 0 Å². The fraction of sp³-hybridized carbons (Fsp3) is 0.200. The van der Waals surface area contributed by atoms with E-state index in [9.17, 15) is 0 Å². The van der Waals surface area contributed by atoms with Crippen molar-refractivity contribution in [1.82, 2.24) is 0 Å². The second kappa shape index (κ2) is 7.11. The Balaban J connectivity index is 2.19. The molecule has 0 saturated heterocycles. The molecule has 106 valence electrons. The van der Waals surface area contributed by atoms with Gasteiger partial charge in [-0.25, -0.2) is 0 Å². The molecule has 20 heavy (non-hydrogen) atoms. The smallest absolute Gasteiger partial charge is 0.122 e. The Kier molecular flexibility index (Phi) is 5.46. The largest absolute Gasteiger partial charge is 0.493 e. The predicted molar refractivity (Wildman–Crippen MR) is 87.2 cm³/mol. The van der Waals surface area contributed by atoms with Gasteiger partial charge in [0.1, 0.15) is 5.75 Å². The van der Waals surface area contributed by atoms with Gasteiger partial charge in [-0.2, -0.15) is 0 Å². The summed E-state index contributed by atoms with van der Waals surface area (Å²) >= 11 is 13.5. The number of hydrogen-bond donors (Lipinski definition) is 1. The minimum Gasteiger partial charge on any atom is -0.493 e. The van der Waals surface area contributed by atoms with Gasteiger partial charge in [-0.1, -0.05) is 41.9 Å². The molecule has 0 aromatic heterocycles. The highest BCUT2D eigenvalue weighted by Gasteiger charge is 2.05. The topological polar surface area (TPSA) is 35.2 Å². The van der Waals surface area contributed by atoms with E-state index in [4.69, 9.17) is 33.7 Å². The first-order valence-corrected chi connectivity index (χ1v) is 7.82. The van der Waals surface area contributed by atoms with Gasteiger partial charge in [-0.05, 0) is 36.8 Å². The summed E-state index contributed by atoms with van der Waals surface area (Å²) in [6, 6.07) is 11.3. The van der Waals surface area contributed by atoms with E-state index in [-0.39, 0.29) is 0 Å². The Labute approximate surface area is 133 Å². The molecule has 0 radical (unpaired) electrons. The number of halogens is 2. The van der Waals surface area contributed by atoms with E-state index in [0.717, 1.165) is 22.0 Å². The Hall–Kier alpha value is -1.03. The molecule has 0 unspecified atom stereocenters. The lowest BCUT2D eigenvalue weighted by Crippen LogP contribution is -1.96. The maximum Gasteiger partial charge on any atom is 0.122 e. The number of nitrogens with two attached hydrogens (primary N) is 1. The molecule has 2 aromatic rings. The minimum absolute atomic E-state index is 0.544. The molecule has 0 amide bonds. The van der Waals surface area contributed by atoms with Crippen LogP contribution in [-0.2, 0) is 0 Å². The van der Waals surface area contributed by atoms with Gasteiger partial charge in [-0.15, -0.1) is 0 Å². The molecule has 0 fully saturated rings. The Morgan fingerprint density at radius 3 is 2.55 bits per heavy atom. The number of anilines is 1. The summed E-state index contributed by atoms with van der Waals surface area (Å²) in [5.74, 6) is 0.786. The van der Waals surface area contributed by atoms with Gasteiger partial charge in [-0.3, -0.25) is 0 Å². The van der Waals surface area contributed by atoms with E-state index in [1.807, 2.05) is 30.3 Å². The zero-order chi connectivity index (χ0) is 14.5. The molecule has 2 N–H and O–H groups in total. The molecular weight excluding hydrogens is 313 g/mol. The molecule has 2 aromatic carbocycles. The zero-order valence-electron chi connectivity index (χ0n) is 11.0. The molecule has 5 heteroatoms. The second-order valence-corrected chi connectivity index (χ2v) is 6.23. The van der Waals surface area contributed by atoms with Gasteiger partial charge >= 0.3 is 0 Å². The van der Waals surface area contributed by atoms with E-state index in [1.54, 1.807) is 17.8 Å². The maximum atomic E-state index is 6.02. The van der Waals surface area contributed by atoms with Crippen molar-refractivity contribution in [3.8, 4) is 5.75 Å². The van der Waals surface area contributed by atoms with Crippen molar-refractivity contribution in [2.24, 2.45) is 0 Å². The molecule has 2 nitrogen and oxygen atoms in total. The number of benzene rings is 2. The summed E-state index contributed by atoms with van der Waals surface area (Å²) in [6.45, 7) is 2.75. The van der Waals surface area contributed by atoms with Gasteiger partial charge in [0.15, 0.2) is 0 Å². The van der Waals surface area contributed by atoms with Crippen LogP contribution in [0, 0.1) is 0 Å². The molecule has 0 saturated carbocycles. The average molecular weight is 328 g/mol. The molecule has 0 heterocycles. The van der Waals surface area contributed by atoms with Crippen molar-refractivity contribution in [3.63, 3.8) is 0 Å². The van der Waals surface area contributed by atoms with Crippen LogP contribution in [0.1, 0.15) is 13.3 Å². The van der Waals surface area contributed by atoms with E-state index in [1.165, 1.54) is 0 Å². The third-order valence-electron chi connectivity index (χ3n) is 2.50. The average Bonchev–Trinajstić information content (AvgIpc) is 2.40. The molecule has 0 bridgehead atoms. The van der Waals surface area contributed by atoms with Crippen LogP contribution in [0.4, 0.5) is 5.69 Å². The highest BCUT2D eigenvalue weighted by molar-refractivity contribution is 7.99. The second-order valence-electron chi connectivity index (χ2n) is 4.26. The fourth-order valence-electron chi connectivity index (χ4n) is 1.63. The van der Waals surface area contributed by atoms with Crippen molar-refractivity contribution in [3.05, 3.63) is 46.4 Å². The lowest BCUT2D eigenvalue weighted by atomic mass is 10.3. The summed E-state index contributed by atoms with van der Waals surface area (Å²) in [5, 5.41) is 1.10. The van der Waals surface area contributed by atoms with Crippen LogP contribution in [0.15, 0.2) is 46.2 Å². The van der Waals surface area contributed by atoms with Crippen molar-refractivity contribution in [2.45, 2.75) is 23.1 Å². The number of nitrogen functional groups attached to an aromatic ring is 1. The summed E-state index contributed by atoms with van der Waals surface area (Å²) in [4.78, 5) is 2.01. The molecule has 0 aliphatic carbocycles. The number of rotatable bonds is 5. The monoisotopic (exact) mass is 327 g/mol. The van der Waals surface area contributed by atoms with Crippen molar-refractivity contribution >= 4 is 40.7 Å². The van der Waals surface area contributed by atoms with Gasteiger partial charge in [0, 0.05) is 21.5 Å². The molecular formula is C15H15Cl2NOS. The normalized spacial score (nSPS) is 10.6. The van der Waals surface area contributed by atoms with E-state index < -0.39 is 0 Å². The summed E-state index contributed by atoms with van der Waals surface area (Å²) in [6.07, 6.45) is 0.962. The highest BCUT2D eigenvalue weighted by Crippen LogP contribution is 2.35. The zero-order valence-corrected chi connectivity index (χ0v) is 13.4. The Morgan fingerprint density at radius 2 is 1.85 bits per heavy atom. The molecule has 2 rings (SSSR count). The van der Waals surface area contributed by atoms with Crippen LogP contribution in [0.3, 0.4) is 0 Å². The van der Waals surface area contributed by atoms with Gasteiger partial charge in [0.05, 0.1) is 16.7 Å². The molecule has 0 spiro atoms. The van der Waals surface area contributed by atoms with Crippen LogP contribution >= 0.6 is 35.0 Å². The van der Waals surface area contributed by atoms with Gasteiger partial charge in [0.2, 0.25) is 0 Å². The highest BCUT2D eigenvalue weighted by atomic mass is 35.5. The maximum absolute atomic E-state index is 6.02. The third-order valence-corrected chi connectivity index (χ3v) is 4.20. The standard InChI is InChI=1S/C15H15Cl2NOS/c1-2-5-19-11-6-10(18)7-13(8-11)20-12-3-4-14(16)15(17)9-12/h3-4,6-9H,2,5,18H2,1H3.